The topological polar surface area (TPSA) is 49.3 Å². The highest BCUT2D eigenvalue weighted by atomic mass is 19.1. The van der Waals surface area contributed by atoms with Crippen LogP contribution >= 0.6 is 0 Å². The molecule has 0 spiro atoms. The van der Waals surface area contributed by atoms with Crippen molar-refractivity contribution in [2.24, 2.45) is 0 Å². The molecule has 0 aliphatic carbocycles. The summed E-state index contributed by atoms with van der Waals surface area (Å²) in [4.78, 5) is 12.0. The average molecular weight is 259 g/mol. The Labute approximate surface area is 110 Å². The van der Waals surface area contributed by atoms with Crippen LogP contribution in [0.4, 0.5) is 10.1 Å². The van der Waals surface area contributed by atoms with Crippen molar-refractivity contribution in [3.63, 3.8) is 0 Å². The van der Waals surface area contributed by atoms with Crippen LogP contribution in [0.3, 0.4) is 0 Å². The van der Waals surface area contributed by atoms with Crippen molar-refractivity contribution in [2.45, 2.75) is 13.8 Å². The number of carbonyl (C=O) groups is 1. The summed E-state index contributed by atoms with van der Waals surface area (Å²) in [6.45, 7) is 3.38. The molecule has 0 unspecified atom stereocenters. The van der Waals surface area contributed by atoms with Crippen LogP contribution in [0.15, 0.2) is 36.4 Å². The molecule has 0 bridgehead atoms. The van der Waals surface area contributed by atoms with Gasteiger partial charge in [0.2, 0.25) is 0 Å². The molecule has 4 heteroatoms. The predicted molar refractivity (Wildman–Crippen MR) is 71.9 cm³/mol. The lowest BCUT2D eigenvalue weighted by atomic mass is 10.1. The van der Waals surface area contributed by atoms with E-state index in [0.29, 0.717) is 22.4 Å². The fraction of sp³-hybridized carbons (Fsp3) is 0.133. The first kappa shape index (κ1) is 13.1. The van der Waals surface area contributed by atoms with Gasteiger partial charge in [0.25, 0.3) is 5.91 Å². The first-order chi connectivity index (χ1) is 8.97. The van der Waals surface area contributed by atoms with Gasteiger partial charge in [-0.2, -0.15) is 0 Å². The number of hydrogen-bond acceptors (Lipinski definition) is 2. The van der Waals surface area contributed by atoms with Gasteiger partial charge in [-0.3, -0.25) is 4.79 Å². The zero-order valence-electron chi connectivity index (χ0n) is 10.7. The molecule has 2 aromatic carbocycles. The van der Waals surface area contributed by atoms with Crippen LogP contribution < -0.4 is 5.32 Å². The van der Waals surface area contributed by atoms with Gasteiger partial charge < -0.3 is 10.4 Å². The second-order valence-electron chi connectivity index (χ2n) is 4.42. The fourth-order valence-electron chi connectivity index (χ4n) is 1.77. The molecular formula is C15H14FNO2. The Morgan fingerprint density at radius 2 is 1.84 bits per heavy atom. The maximum Gasteiger partial charge on any atom is 0.255 e. The van der Waals surface area contributed by atoms with E-state index < -0.39 is 0 Å². The monoisotopic (exact) mass is 259 g/mol. The summed E-state index contributed by atoms with van der Waals surface area (Å²) in [6, 6.07) is 9.01. The van der Waals surface area contributed by atoms with E-state index in [4.69, 9.17) is 0 Å². The summed E-state index contributed by atoms with van der Waals surface area (Å²) in [5, 5.41) is 11.9. The molecular weight excluding hydrogens is 245 g/mol. The molecule has 0 radical (unpaired) electrons. The number of phenols is 1. The highest BCUT2D eigenvalue weighted by Gasteiger charge is 2.10. The fourth-order valence-corrected chi connectivity index (χ4v) is 1.77. The first-order valence-electron chi connectivity index (χ1n) is 5.84. The maximum atomic E-state index is 13.4. The molecule has 0 saturated heterocycles. The van der Waals surface area contributed by atoms with Gasteiger partial charge in [0.1, 0.15) is 11.6 Å². The Balaban J connectivity index is 2.23. The molecule has 1 amide bonds. The summed E-state index contributed by atoms with van der Waals surface area (Å²) >= 11 is 0. The molecule has 0 saturated carbocycles. The molecule has 0 heterocycles. The van der Waals surface area contributed by atoms with Crippen LogP contribution in [0.2, 0.25) is 0 Å². The van der Waals surface area contributed by atoms with Gasteiger partial charge in [-0.05, 0) is 55.3 Å². The highest BCUT2D eigenvalue weighted by molar-refractivity contribution is 6.05. The number of phenolic OH excluding ortho intramolecular Hbond substituents is 1. The van der Waals surface area contributed by atoms with Crippen LogP contribution in [0, 0.1) is 19.7 Å². The van der Waals surface area contributed by atoms with Crippen molar-refractivity contribution in [3.05, 3.63) is 58.9 Å². The summed E-state index contributed by atoms with van der Waals surface area (Å²) in [6.07, 6.45) is 0. The molecule has 2 aromatic rings. The third-order valence-corrected chi connectivity index (χ3v) is 2.88. The van der Waals surface area contributed by atoms with Crippen LogP contribution in [0.5, 0.6) is 5.75 Å². The molecule has 0 aliphatic heterocycles. The van der Waals surface area contributed by atoms with E-state index in [0.717, 1.165) is 0 Å². The van der Waals surface area contributed by atoms with Crippen molar-refractivity contribution < 1.29 is 14.3 Å². The molecule has 2 N–H and O–H groups in total. The molecule has 0 atom stereocenters. The van der Waals surface area contributed by atoms with Gasteiger partial charge >= 0.3 is 0 Å². The number of amides is 1. The van der Waals surface area contributed by atoms with Crippen LogP contribution in [-0.4, -0.2) is 11.0 Å². The standard InChI is InChI=1S/C15H14FNO2/c1-9-3-4-11(8-14(9)16)17-15(19)13-6-5-12(18)7-10(13)2/h3-8,18H,1-2H3,(H,17,19). The van der Waals surface area contributed by atoms with Crippen molar-refractivity contribution in [1.29, 1.82) is 0 Å². The summed E-state index contributed by atoms with van der Waals surface area (Å²) in [5.41, 5.74) is 2.03. The van der Waals surface area contributed by atoms with E-state index in [1.54, 1.807) is 26.0 Å². The number of aromatic hydroxyl groups is 1. The predicted octanol–water partition coefficient (Wildman–Crippen LogP) is 3.40. The highest BCUT2D eigenvalue weighted by Crippen LogP contribution is 2.18. The van der Waals surface area contributed by atoms with E-state index in [2.05, 4.69) is 5.32 Å². The Hall–Kier alpha value is -2.36. The van der Waals surface area contributed by atoms with Crippen molar-refractivity contribution in [2.75, 3.05) is 5.32 Å². The zero-order chi connectivity index (χ0) is 14.0. The van der Waals surface area contributed by atoms with E-state index in [1.165, 1.54) is 24.3 Å². The Bertz CT molecular complexity index is 638. The summed E-state index contributed by atoms with van der Waals surface area (Å²) in [5.74, 6) is -0.587. The van der Waals surface area contributed by atoms with Crippen LogP contribution in [0.1, 0.15) is 21.5 Å². The number of hydrogen-bond donors (Lipinski definition) is 2. The largest absolute Gasteiger partial charge is 0.508 e. The molecule has 0 fully saturated rings. The third kappa shape index (κ3) is 2.91. The Kier molecular flexibility index (Phi) is 3.51. The molecule has 2 rings (SSSR count). The van der Waals surface area contributed by atoms with Gasteiger partial charge in [0.15, 0.2) is 0 Å². The lowest BCUT2D eigenvalue weighted by molar-refractivity contribution is 0.102. The number of anilines is 1. The second kappa shape index (κ2) is 5.10. The number of aryl methyl sites for hydroxylation is 2. The lowest BCUT2D eigenvalue weighted by Crippen LogP contribution is -2.13. The minimum absolute atomic E-state index is 0.107. The van der Waals surface area contributed by atoms with E-state index in [9.17, 15) is 14.3 Å². The molecule has 98 valence electrons. The summed E-state index contributed by atoms with van der Waals surface area (Å²) in [7, 11) is 0. The van der Waals surface area contributed by atoms with E-state index >= 15 is 0 Å². The number of carbonyl (C=O) groups excluding carboxylic acids is 1. The van der Waals surface area contributed by atoms with Gasteiger partial charge in [-0.25, -0.2) is 4.39 Å². The van der Waals surface area contributed by atoms with Crippen molar-refractivity contribution >= 4 is 11.6 Å². The van der Waals surface area contributed by atoms with Crippen LogP contribution in [0.25, 0.3) is 0 Å². The Morgan fingerprint density at radius 3 is 2.47 bits per heavy atom. The normalized spacial score (nSPS) is 10.3. The number of benzene rings is 2. The maximum absolute atomic E-state index is 13.4. The average Bonchev–Trinajstić information content (AvgIpc) is 2.33. The molecule has 0 aromatic heterocycles. The first-order valence-corrected chi connectivity index (χ1v) is 5.84. The number of halogens is 1. The van der Waals surface area contributed by atoms with E-state index in [-0.39, 0.29) is 17.5 Å². The van der Waals surface area contributed by atoms with Crippen LogP contribution in [-0.2, 0) is 0 Å². The lowest BCUT2D eigenvalue weighted by Gasteiger charge is -2.08. The smallest absolute Gasteiger partial charge is 0.255 e. The van der Waals surface area contributed by atoms with Gasteiger partial charge in [-0.1, -0.05) is 6.07 Å². The minimum atomic E-state index is -0.361. The quantitative estimate of drug-likeness (QED) is 0.868. The van der Waals surface area contributed by atoms with Crippen molar-refractivity contribution in [1.82, 2.24) is 0 Å². The molecule has 3 nitrogen and oxygen atoms in total. The Morgan fingerprint density at radius 1 is 1.11 bits per heavy atom. The minimum Gasteiger partial charge on any atom is -0.508 e. The summed E-state index contributed by atoms with van der Waals surface area (Å²) < 4.78 is 13.4. The number of rotatable bonds is 2. The van der Waals surface area contributed by atoms with Gasteiger partial charge in [-0.15, -0.1) is 0 Å². The van der Waals surface area contributed by atoms with Gasteiger partial charge in [0, 0.05) is 11.3 Å². The zero-order valence-corrected chi connectivity index (χ0v) is 10.7. The van der Waals surface area contributed by atoms with E-state index in [1.807, 2.05) is 0 Å². The van der Waals surface area contributed by atoms with Crippen molar-refractivity contribution in [3.8, 4) is 5.75 Å². The third-order valence-electron chi connectivity index (χ3n) is 2.88. The number of nitrogens with one attached hydrogen (secondary N) is 1. The molecule has 0 aliphatic rings. The molecule has 19 heavy (non-hydrogen) atoms. The SMILES string of the molecule is Cc1ccc(NC(=O)c2ccc(O)cc2C)cc1F. The second-order valence-corrected chi connectivity index (χ2v) is 4.42. The van der Waals surface area contributed by atoms with Gasteiger partial charge in [0.05, 0.1) is 0 Å².